The molecule has 32 heavy (non-hydrogen) atoms. The van der Waals surface area contributed by atoms with Crippen molar-refractivity contribution in [3.05, 3.63) is 42.5 Å². The molecule has 0 saturated carbocycles. The molecule has 1 rings (SSSR count). The Morgan fingerprint density at radius 1 is 0.812 bits per heavy atom. The molecule has 1 unspecified atom stereocenters. The molecule has 0 aliphatic carbocycles. The van der Waals surface area contributed by atoms with E-state index in [0.29, 0.717) is 18.2 Å². The number of aromatic hydroxyl groups is 1. The average Bonchev–Trinajstić information content (AvgIpc) is 2.66. The maximum absolute atomic E-state index is 10.4. The third-order valence-electron chi connectivity index (χ3n) is 4.55. The van der Waals surface area contributed by atoms with Crippen molar-refractivity contribution >= 4 is 17.1 Å². The SMILES string of the molecule is CC(C)CCC(CCC(C)C)NCC(C)O.O=[N+]([O-])c1cc([N+](=O)[O-])c(O)c([N+](=O)[O-])c1. The number of aliphatic hydroxyl groups excluding tert-OH is 1. The third kappa shape index (κ3) is 11.5. The van der Waals surface area contributed by atoms with Crippen LogP contribution in [-0.4, -0.2) is 43.7 Å². The molecule has 0 fully saturated rings. The summed E-state index contributed by atoms with van der Waals surface area (Å²) in [6.07, 6.45) is 4.78. The number of nitrogens with zero attached hydrogens (tertiary/aromatic N) is 3. The molecule has 0 amide bonds. The molecule has 0 spiro atoms. The molecule has 12 nitrogen and oxygen atoms in total. The largest absolute Gasteiger partial charge is 0.497 e. The van der Waals surface area contributed by atoms with Crippen LogP contribution in [0, 0.1) is 42.2 Å². The van der Waals surface area contributed by atoms with Crippen molar-refractivity contribution in [3.8, 4) is 5.75 Å². The Hall–Kier alpha value is -2.86. The summed E-state index contributed by atoms with van der Waals surface area (Å²) < 4.78 is 0. The quantitative estimate of drug-likeness (QED) is 0.303. The third-order valence-corrected chi connectivity index (χ3v) is 4.55. The second-order valence-corrected chi connectivity index (χ2v) is 8.50. The molecule has 0 radical (unpaired) electrons. The van der Waals surface area contributed by atoms with Crippen LogP contribution in [0.25, 0.3) is 0 Å². The molecule has 0 heterocycles. The highest BCUT2D eigenvalue weighted by atomic mass is 16.6. The van der Waals surface area contributed by atoms with E-state index in [-0.39, 0.29) is 6.10 Å². The van der Waals surface area contributed by atoms with E-state index in [4.69, 9.17) is 5.11 Å². The molecule has 1 aromatic carbocycles. The molecule has 182 valence electrons. The molecular formula is C20H34N4O8. The molecule has 12 heteroatoms. The zero-order chi connectivity index (χ0) is 25.0. The van der Waals surface area contributed by atoms with E-state index in [1.807, 2.05) is 6.92 Å². The van der Waals surface area contributed by atoms with E-state index in [1.54, 1.807) is 0 Å². The number of phenolic OH excluding ortho intramolecular Hbond substituents is 1. The summed E-state index contributed by atoms with van der Waals surface area (Å²) in [5.74, 6) is 0.338. The first kappa shape index (κ1) is 29.1. The number of non-ortho nitro benzene ring substituents is 1. The van der Waals surface area contributed by atoms with Gasteiger partial charge in [-0.3, -0.25) is 30.3 Å². The van der Waals surface area contributed by atoms with Gasteiger partial charge in [0.2, 0.25) is 0 Å². The fourth-order valence-electron chi connectivity index (χ4n) is 2.73. The lowest BCUT2D eigenvalue weighted by Crippen LogP contribution is -2.35. The number of hydrogen-bond donors (Lipinski definition) is 3. The van der Waals surface area contributed by atoms with Crippen molar-refractivity contribution in [2.45, 2.75) is 72.4 Å². The maximum Gasteiger partial charge on any atom is 0.324 e. The highest BCUT2D eigenvalue weighted by Crippen LogP contribution is 2.38. The minimum Gasteiger partial charge on any atom is -0.497 e. The normalized spacial score (nSPS) is 11.9. The molecule has 0 bridgehead atoms. The Balaban J connectivity index is 0.000000601. The van der Waals surface area contributed by atoms with Crippen molar-refractivity contribution in [1.82, 2.24) is 5.32 Å². The fourth-order valence-corrected chi connectivity index (χ4v) is 2.73. The summed E-state index contributed by atoms with van der Waals surface area (Å²) in [4.78, 5) is 27.8. The van der Waals surface area contributed by atoms with Gasteiger partial charge in [-0.2, -0.15) is 0 Å². The predicted octanol–water partition coefficient (Wildman–Crippen LogP) is 4.31. The molecule has 1 atom stereocenters. The second-order valence-electron chi connectivity index (χ2n) is 8.50. The van der Waals surface area contributed by atoms with Gasteiger partial charge in [0.25, 0.3) is 11.4 Å². The van der Waals surface area contributed by atoms with Crippen LogP contribution < -0.4 is 5.32 Å². The number of nitrogens with one attached hydrogen (secondary N) is 1. The number of benzene rings is 1. The molecule has 0 aliphatic rings. The predicted molar refractivity (Wildman–Crippen MR) is 120 cm³/mol. The average molecular weight is 459 g/mol. The number of phenols is 1. The van der Waals surface area contributed by atoms with Crippen LogP contribution >= 0.6 is 0 Å². The first-order valence-corrected chi connectivity index (χ1v) is 10.5. The summed E-state index contributed by atoms with van der Waals surface area (Å²) in [5.41, 5.74) is -3.00. The van der Waals surface area contributed by atoms with Crippen molar-refractivity contribution < 1.29 is 25.0 Å². The Kier molecular flexibility index (Phi) is 13.0. The minimum absolute atomic E-state index is 0.236. The molecular weight excluding hydrogens is 424 g/mol. The van der Waals surface area contributed by atoms with Gasteiger partial charge in [0.05, 0.1) is 33.0 Å². The van der Waals surface area contributed by atoms with Gasteiger partial charge < -0.3 is 15.5 Å². The summed E-state index contributed by atoms with van der Waals surface area (Å²) in [5, 5.41) is 53.0. The van der Waals surface area contributed by atoms with Crippen LogP contribution in [0.2, 0.25) is 0 Å². The Morgan fingerprint density at radius 2 is 1.22 bits per heavy atom. The fraction of sp³-hybridized carbons (Fsp3) is 0.700. The van der Waals surface area contributed by atoms with Crippen LogP contribution in [0.5, 0.6) is 5.75 Å². The van der Waals surface area contributed by atoms with Gasteiger partial charge >= 0.3 is 11.4 Å². The number of hydrogen-bond acceptors (Lipinski definition) is 9. The first-order valence-electron chi connectivity index (χ1n) is 10.5. The molecule has 0 saturated heterocycles. The highest BCUT2D eigenvalue weighted by Gasteiger charge is 2.30. The standard InChI is InChI=1S/C14H31NO.C6H3N3O7/c1-11(2)6-8-14(9-7-12(3)4)15-10-13(5)16;10-6-4(8(13)14)1-3(7(11)12)2-5(6)9(15)16/h11-16H,6-10H2,1-5H3;1-2,10H. The van der Waals surface area contributed by atoms with Gasteiger partial charge in [0, 0.05) is 12.6 Å². The monoisotopic (exact) mass is 458 g/mol. The summed E-state index contributed by atoms with van der Waals surface area (Å²) in [6.45, 7) is 11.7. The van der Waals surface area contributed by atoms with Crippen LogP contribution in [0.15, 0.2) is 12.1 Å². The van der Waals surface area contributed by atoms with E-state index in [1.165, 1.54) is 25.7 Å². The lowest BCUT2D eigenvalue weighted by molar-refractivity contribution is -0.404. The van der Waals surface area contributed by atoms with E-state index < -0.39 is 37.6 Å². The second kappa shape index (κ2) is 14.2. The van der Waals surface area contributed by atoms with Crippen molar-refractivity contribution in [2.24, 2.45) is 11.8 Å². The smallest absolute Gasteiger partial charge is 0.324 e. The van der Waals surface area contributed by atoms with Gasteiger partial charge in [-0.25, -0.2) is 0 Å². The van der Waals surface area contributed by atoms with E-state index in [0.717, 1.165) is 18.4 Å². The first-order chi connectivity index (χ1) is 14.8. The van der Waals surface area contributed by atoms with E-state index in [2.05, 4.69) is 33.0 Å². The van der Waals surface area contributed by atoms with Gasteiger partial charge in [0.1, 0.15) is 0 Å². The van der Waals surface area contributed by atoms with Crippen molar-refractivity contribution in [3.63, 3.8) is 0 Å². The zero-order valence-corrected chi connectivity index (χ0v) is 19.2. The lowest BCUT2D eigenvalue weighted by Gasteiger charge is -2.21. The number of nitro benzene ring substituents is 3. The number of aliphatic hydroxyl groups is 1. The minimum atomic E-state index is -1.21. The molecule has 1 aromatic rings. The summed E-state index contributed by atoms with van der Waals surface area (Å²) >= 11 is 0. The van der Waals surface area contributed by atoms with E-state index in [9.17, 15) is 35.4 Å². The Morgan fingerprint density at radius 3 is 1.50 bits per heavy atom. The summed E-state index contributed by atoms with van der Waals surface area (Å²) in [7, 11) is 0. The number of nitro groups is 3. The molecule has 0 aliphatic heterocycles. The zero-order valence-electron chi connectivity index (χ0n) is 19.2. The van der Waals surface area contributed by atoms with Crippen LogP contribution in [-0.2, 0) is 0 Å². The van der Waals surface area contributed by atoms with Gasteiger partial charge in [0.15, 0.2) is 0 Å². The van der Waals surface area contributed by atoms with Crippen molar-refractivity contribution in [2.75, 3.05) is 6.54 Å². The van der Waals surface area contributed by atoms with Gasteiger partial charge in [-0.15, -0.1) is 0 Å². The van der Waals surface area contributed by atoms with Gasteiger partial charge in [-0.1, -0.05) is 27.7 Å². The van der Waals surface area contributed by atoms with Crippen LogP contribution in [0.4, 0.5) is 17.1 Å². The number of rotatable bonds is 12. The van der Waals surface area contributed by atoms with Crippen LogP contribution in [0.1, 0.15) is 60.3 Å². The topological polar surface area (TPSA) is 182 Å². The lowest BCUT2D eigenvalue weighted by atomic mass is 9.97. The molecule has 0 aromatic heterocycles. The Bertz CT molecular complexity index is 704. The highest BCUT2D eigenvalue weighted by molar-refractivity contribution is 5.64. The van der Waals surface area contributed by atoms with E-state index >= 15 is 0 Å². The van der Waals surface area contributed by atoms with Crippen molar-refractivity contribution in [1.29, 1.82) is 0 Å². The van der Waals surface area contributed by atoms with Crippen LogP contribution in [0.3, 0.4) is 0 Å². The molecule has 3 N–H and O–H groups in total. The van der Waals surface area contributed by atoms with Gasteiger partial charge in [-0.05, 0) is 44.4 Å². The Labute approximate surface area is 187 Å². The summed E-state index contributed by atoms with van der Waals surface area (Å²) in [6, 6.07) is 1.48. The maximum atomic E-state index is 10.4.